The Hall–Kier alpha value is -3.12. The van der Waals surface area contributed by atoms with E-state index >= 15 is 0 Å². The average molecular weight is 339 g/mol. The largest absolute Gasteiger partial charge is 0.350 e. The molecule has 2 heterocycles. The van der Waals surface area contributed by atoms with E-state index in [4.69, 9.17) is 11.6 Å². The molecule has 0 unspecified atom stereocenters. The molecule has 7 heteroatoms. The van der Waals surface area contributed by atoms with Crippen molar-refractivity contribution in [3.8, 4) is 0 Å². The van der Waals surface area contributed by atoms with Gasteiger partial charge in [0.05, 0.1) is 11.7 Å². The molecule has 4 aromatic rings. The van der Waals surface area contributed by atoms with E-state index in [0.717, 1.165) is 15.6 Å². The zero-order valence-corrected chi connectivity index (χ0v) is 13.0. The van der Waals surface area contributed by atoms with Crippen molar-refractivity contribution in [2.75, 3.05) is 0 Å². The lowest BCUT2D eigenvalue weighted by molar-refractivity contribution is 0.770. The number of benzene rings is 2. The third kappa shape index (κ3) is 2.24. The molecule has 0 saturated heterocycles. The van der Waals surface area contributed by atoms with E-state index in [9.17, 15) is 9.59 Å². The van der Waals surface area contributed by atoms with Crippen LogP contribution in [-0.2, 0) is 0 Å². The molecule has 0 saturated carbocycles. The Morgan fingerprint density at radius 1 is 0.958 bits per heavy atom. The normalized spacial score (nSPS) is 11.7. The van der Waals surface area contributed by atoms with Crippen LogP contribution in [0.15, 0.2) is 63.2 Å². The first kappa shape index (κ1) is 14.5. The zero-order valence-electron chi connectivity index (χ0n) is 12.3. The first-order valence-electron chi connectivity index (χ1n) is 7.20. The summed E-state index contributed by atoms with van der Waals surface area (Å²) in [6.45, 7) is 0. The molecule has 0 bridgehead atoms. The number of para-hydroxylation sites is 1. The molecule has 0 amide bonds. The van der Waals surface area contributed by atoms with Gasteiger partial charge in [-0.15, -0.1) is 4.68 Å². The minimum absolute atomic E-state index is 0.298. The van der Waals surface area contributed by atoms with E-state index in [1.54, 1.807) is 24.3 Å². The number of aromatic amines is 2. The second kappa shape index (κ2) is 5.50. The molecule has 2 N–H and O–H groups in total. The maximum absolute atomic E-state index is 12.6. The van der Waals surface area contributed by atoms with Crippen LogP contribution >= 0.6 is 11.6 Å². The third-order valence-corrected chi connectivity index (χ3v) is 4.10. The molecule has 0 aliphatic rings. The quantitative estimate of drug-likeness (QED) is 0.551. The Bertz CT molecular complexity index is 1220. The lowest BCUT2D eigenvalue weighted by Gasteiger charge is -1.99. The predicted molar refractivity (Wildman–Crippen MR) is 95.1 cm³/mol. The summed E-state index contributed by atoms with van der Waals surface area (Å²) in [5.41, 5.74) is 1.03. The Kier molecular flexibility index (Phi) is 3.32. The van der Waals surface area contributed by atoms with Crippen LogP contribution in [0, 0.1) is 0 Å². The SMILES string of the molecule is O=c1[nH]c2c([nH]c3ccccc32)c(=O)n1/N=C/c1ccccc1Cl. The molecular weight excluding hydrogens is 328 g/mol. The number of fused-ring (bicyclic) bond motifs is 3. The van der Waals surface area contributed by atoms with Gasteiger partial charge in [-0.2, -0.15) is 5.10 Å². The van der Waals surface area contributed by atoms with E-state index in [2.05, 4.69) is 15.1 Å². The highest BCUT2D eigenvalue weighted by Gasteiger charge is 2.12. The Morgan fingerprint density at radius 3 is 2.54 bits per heavy atom. The Labute approximate surface area is 140 Å². The standard InChI is InChI=1S/C17H11ClN4O2/c18-12-7-3-1-5-10(12)9-19-22-16(23)15-14(21-17(22)24)11-6-2-4-8-13(11)20-15/h1-9,20H,(H,21,24)/b19-9+. The molecule has 0 radical (unpaired) electrons. The number of hydrogen-bond acceptors (Lipinski definition) is 3. The molecule has 6 nitrogen and oxygen atoms in total. The summed E-state index contributed by atoms with van der Waals surface area (Å²) in [6, 6.07) is 14.4. The van der Waals surface area contributed by atoms with Gasteiger partial charge in [0.25, 0.3) is 0 Å². The van der Waals surface area contributed by atoms with E-state index in [1.165, 1.54) is 6.21 Å². The molecule has 0 aliphatic heterocycles. The fourth-order valence-corrected chi connectivity index (χ4v) is 2.78. The van der Waals surface area contributed by atoms with Gasteiger partial charge in [-0.1, -0.05) is 48.0 Å². The number of hydrogen-bond donors (Lipinski definition) is 2. The first-order chi connectivity index (χ1) is 11.6. The molecule has 24 heavy (non-hydrogen) atoms. The molecule has 0 fully saturated rings. The van der Waals surface area contributed by atoms with Crippen LogP contribution in [-0.4, -0.2) is 20.9 Å². The van der Waals surface area contributed by atoms with Gasteiger partial charge in [-0.3, -0.25) is 4.79 Å². The van der Waals surface area contributed by atoms with Crippen molar-refractivity contribution in [2.45, 2.75) is 0 Å². The third-order valence-electron chi connectivity index (χ3n) is 3.75. The fourth-order valence-electron chi connectivity index (χ4n) is 2.59. The summed E-state index contributed by atoms with van der Waals surface area (Å²) in [6.07, 6.45) is 1.38. The summed E-state index contributed by atoms with van der Waals surface area (Å²) in [5, 5.41) is 5.25. The molecule has 0 atom stereocenters. The van der Waals surface area contributed by atoms with Crippen LogP contribution < -0.4 is 11.2 Å². The van der Waals surface area contributed by atoms with E-state index < -0.39 is 11.2 Å². The van der Waals surface area contributed by atoms with E-state index in [0.29, 0.717) is 21.6 Å². The van der Waals surface area contributed by atoms with Crippen LogP contribution in [0.3, 0.4) is 0 Å². The summed E-state index contributed by atoms with van der Waals surface area (Å²) in [7, 11) is 0. The lowest BCUT2D eigenvalue weighted by Crippen LogP contribution is -2.32. The first-order valence-corrected chi connectivity index (χ1v) is 7.57. The maximum atomic E-state index is 12.6. The van der Waals surface area contributed by atoms with Crippen LogP contribution in [0.5, 0.6) is 0 Å². The molecule has 0 aliphatic carbocycles. The highest BCUT2D eigenvalue weighted by atomic mass is 35.5. The van der Waals surface area contributed by atoms with Gasteiger partial charge < -0.3 is 9.97 Å². The van der Waals surface area contributed by atoms with Crippen LogP contribution in [0.2, 0.25) is 5.02 Å². The molecule has 0 spiro atoms. The van der Waals surface area contributed by atoms with Gasteiger partial charge in [0.2, 0.25) is 0 Å². The van der Waals surface area contributed by atoms with E-state index in [-0.39, 0.29) is 0 Å². The van der Waals surface area contributed by atoms with Crippen molar-refractivity contribution in [3.05, 3.63) is 80.0 Å². The van der Waals surface area contributed by atoms with Gasteiger partial charge in [-0.25, -0.2) is 4.79 Å². The summed E-state index contributed by atoms with van der Waals surface area (Å²) < 4.78 is 0.779. The summed E-state index contributed by atoms with van der Waals surface area (Å²) in [4.78, 5) is 30.6. The van der Waals surface area contributed by atoms with Gasteiger partial charge in [0.15, 0.2) is 0 Å². The second-order valence-corrected chi connectivity index (χ2v) is 5.64. The Balaban J connectivity index is 1.94. The predicted octanol–water partition coefficient (Wildman–Crippen LogP) is 2.71. The molecular formula is C17H11ClN4O2. The minimum Gasteiger partial charge on any atom is -0.349 e. The van der Waals surface area contributed by atoms with E-state index in [1.807, 2.05) is 24.3 Å². The number of rotatable bonds is 2. The summed E-state index contributed by atoms with van der Waals surface area (Å²) in [5.74, 6) is 0. The number of aromatic nitrogens is 3. The maximum Gasteiger partial charge on any atom is 0.350 e. The number of nitrogens with one attached hydrogen (secondary N) is 2. The zero-order chi connectivity index (χ0) is 16.7. The van der Waals surface area contributed by atoms with Crippen molar-refractivity contribution in [3.63, 3.8) is 0 Å². The highest BCUT2D eigenvalue weighted by molar-refractivity contribution is 6.33. The number of halogens is 1. The molecule has 118 valence electrons. The van der Waals surface area contributed by atoms with Gasteiger partial charge in [0, 0.05) is 21.5 Å². The van der Waals surface area contributed by atoms with Gasteiger partial charge >= 0.3 is 11.2 Å². The van der Waals surface area contributed by atoms with Crippen LogP contribution in [0.1, 0.15) is 5.56 Å². The average Bonchev–Trinajstić information content (AvgIpc) is 2.95. The topological polar surface area (TPSA) is 83.0 Å². The number of H-pyrrole nitrogens is 2. The molecule has 2 aromatic carbocycles. The fraction of sp³-hybridized carbons (Fsp3) is 0. The minimum atomic E-state index is -0.611. The summed E-state index contributed by atoms with van der Waals surface area (Å²) >= 11 is 6.05. The lowest BCUT2D eigenvalue weighted by atomic mass is 10.2. The van der Waals surface area contributed by atoms with Crippen molar-refractivity contribution < 1.29 is 0 Å². The van der Waals surface area contributed by atoms with Crippen molar-refractivity contribution in [1.29, 1.82) is 0 Å². The number of nitrogens with zero attached hydrogens (tertiary/aromatic N) is 2. The smallest absolute Gasteiger partial charge is 0.349 e. The van der Waals surface area contributed by atoms with Crippen molar-refractivity contribution in [2.24, 2.45) is 5.10 Å². The van der Waals surface area contributed by atoms with Crippen LogP contribution in [0.4, 0.5) is 0 Å². The van der Waals surface area contributed by atoms with Crippen LogP contribution in [0.25, 0.3) is 21.9 Å². The second-order valence-electron chi connectivity index (χ2n) is 5.23. The Morgan fingerprint density at radius 2 is 1.71 bits per heavy atom. The van der Waals surface area contributed by atoms with Crippen molar-refractivity contribution in [1.82, 2.24) is 14.6 Å². The van der Waals surface area contributed by atoms with Gasteiger partial charge in [-0.05, 0) is 12.1 Å². The molecule has 4 rings (SSSR count). The van der Waals surface area contributed by atoms with Gasteiger partial charge in [0.1, 0.15) is 5.52 Å². The highest BCUT2D eigenvalue weighted by Crippen LogP contribution is 2.19. The monoisotopic (exact) mass is 338 g/mol. The molecule has 2 aromatic heterocycles. The van der Waals surface area contributed by atoms with Crippen molar-refractivity contribution >= 4 is 39.8 Å².